The first kappa shape index (κ1) is 25.0. The number of likely N-dealkylation sites (tertiary alicyclic amines) is 1. The van der Waals surface area contributed by atoms with Gasteiger partial charge in [0.05, 0.1) is 30.2 Å². The summed E-state index contributed by atoms with van der Waals surface area (Å²) in [6.45, 7) is 6.25. The van der Waals surface area contributed by atoms with Gasteiger partial charge in [-0.2, -0.15) is 5.10 Å². The van der Waals surface area contributed by atoms with E-state index in [1.165, 1.54) is 18.4 Å². The second-order valence-corrected chi connectivity index (χ2v) is 8.44. The lowest BCUT2D eigenvalue weighted by molar-refractivity contribution is -0.0721. The summed E-state index contributed by atoms with van der Waals surface area (Å²) >= 11 is 0. The Hall–Kier alpha value is -1.65. The molecule has 0 radical (unpaired) electrons. The number of para-hydroxylation sites is 1. The van der Waals surface area contributed by atoms with Crippen molar-refractivity contribution in [2.24, 2.45) is 4.99 Å². The lowest BCUT2D eigenvalue weighted by Gasteiger charge is -2.35. The fourth-order valence-electron chi connectivity index (χ4n) is 4.36. The third-order valence-corrected chi connectivity index (χ3v) is 6.14. The molecule has 1 aromatic carbocycles. The molecule has 1 aromatic heterocycles. The van der Waals surface area contributed by atoms with Crippen LogP contribution in [0.4, 0.5) is 0 Å². The zero-order valence-electron chi connectivity index (χ0n) is 19.2. The Balaban J connectivity index is 0.00000289. The van der Waals surface area contributed by atoms with Gasteiger partial charge in [0.1, 0.15) is 0 Å². The van der Waals surface area contributed by atoms with Gasteiger partial charge in [-0.15, -0.1) is 24.0 Å². The monoisotopic (exact) mass is 553 g/mol. The standard InChI is InChI=1S/C24H35N5O2.HI/c1-19-10-15-29(27-19)23-9-4-3-7-20(23)17-26-24(25-2)28-13-11-21(12-14-28)31-18-22-8-5-6-16-30-22;/h3-4,7,9-10,15,21-22H,5-6,8,11-14,16-18H2,1-2H3,(H,25,26);1H. The highest BCUT2D eigenvalue weighted by Gasteiger charge is 2.24. The van der Waals surface area contributed by atoms with Gasteiger partial charge in [0.2, 0.25) is 0 Å². The van der Waals surface area contributed by atoms with Crippen LogP contribution in [0.5, 0.6) is 0 Å². The number of aliphatic imine (C=N–C) groups is 1. The molecule has 1 unspecified atom stereocenters. The molecule has 4 rings (SSSR count). The summed E-state index contributed by atoms with van der Waals surface area (Å²) in [6.07, 6.45) is 8.25. The summed E-state index contributed by atoms with van der Waals surface area (Å²) in [5.74, 6) is 0.945. The average Bonchev–Trinajstić information content (AvgIpc) is 3.26. The number of ether oxygens (including phenoxy) is 2. The van der Waals surface area contributed by atoms with Crippen LogP contribution in [-0.2, 0) is 16.0 Å². The quantitative estimate of drug-likeness (QED) is 0.334. The second kappa shape index (κ2) is 12.6. The van der Waals surface area contributed by atoms with Gasteiger partial charge in [-0.25, -0.2) is 4.68 Å². The number of hydrogen-bond acceptors (Lipinski definition) is 4. The van der Waals surface area contributed by atoms with Gasteiger partial charge < -0.3 is 19.7 Å². The minimum atomic E-state index is 0. The summed E-state index contributed by atoms with van der Waals surface area (Å²) in [7, 11) is 1.86. The van der Waals surface area contributed by atoms with Crippen molar-refractivity contribution in [3.63, 3.8) is 0 Å². The van der Waals surface area contributed by atoms with E-state index in [0.29, 0.717) is 18.8 Å². The first-order valence-electron chi connectivity index (χ1n) is 11.5. The minimum Gasteiger partial charge on any atom is -0.376 e. The van der Waals surface area contributed by atoms with Crippen LogP contribution in [0.1, 0.15) is 43.4 Å². The predicted molar refractivity (Wildman–Crippen MR) is 138 cm³/mol. The second-order valence-electron chi connectivity index (χ2n) is 8.44. The molecule has 3 heterocycles. The molecule has 0 amide bonds. The van der Waals surface area contributed by atoms with Crippen molar-refractivity contribution in [3.05, 3.63) is 47.8 Å². The molecule has 7 nitrogen and oxygen atoms in total. The van der Waals surface area contributed by atoms with Crippen LogP contribution in [0.2, 0.25) is 0 Å². The smallest absolute Gasteiger partial charge is 0.193 e. The highest BCUT2D eigenvalue weighted by atomic mass is 127. The molecule has 2 aliphatic rings. The molecule has 0 aliphatic carbocycles. The molecular formula is C24H36IN5O2. The van der Waals surface area contributed by atoms with Gasteiger partial charge in [-0.05, 0) is 56.7 Å². The lowest BCUT2D eigenvalue weighted by atomic mass is 10.1. The molecule has 176 valence electrons. The topological polar surface area (TPSA) is 63.9 Å². The van der Waals surface area contributed by atoms with E-state index < -0.39 is 0 Å². The molecule has 1 N–H and O–H groups in total. The number of guanidine groups is 1. The molecule has 2 saturated heterocycles. The molecule has 2 fully saturated rings. The normalized spacial score (nSPS) is 20.1. The van der Waals surface area contributed by atoms with E-state index in [1.807, 2.05) is 37.0 Å². The molecule has 8 heteroatoms. The summed E-state index contributed by atoms with van der Waals surface area (Å²) in [4.78, 5) is 6.86. The summed E-state index contributed by atoms with van der Waals surface area (Å²) in [5.41, 5.74) is 3.30. The number of rotatable bonds is 6. The summed E-state index contributed by atoms with van der Waals surface area (Å²) < 4.78 is 13.9. The highest BCUT2D eigenvalue weighted by molar-refractivity contribution is 14.0. The lowest BCUT2D eigenvalue weighted by Crippen LogP contribution is -2.47. The third kappa shape index (κ3) is 6.68. The Morgan fingerprint density at radius 3 is 2.69 bits per heavy atom. The molecule has 2 aromatic rings. The van der Waals surface area contributed by atoms with Gasteiger partial charge in [-0.3, -0.25) is 4.99 Å². The summed E-state index contributed by atoms with van der Waals surface area (Å²) in [6, 6.07) is 10.4. The van der Waals surface area contributed by atoms with E-state index in [1.54, 1.807) is 0 Å². The van der Waals surface area contributed by atoms with Crippen molar-refractivity contribution in [3.8, 4) is 5.69 Å². The molecule has 0 bridgehead atoms. The fourth-order valence-corrected chi connectivity index (χ4v) is 4.36. The van der Waals surface area contributed by atoms with Gasteiger partial charge >= 0.3 is 0 Å². The first-order chi connectivity index (χ1) is 15.2. The number of piperidine rings is 1. The van der Waals surface area contributed by atoms with Gasteiger partial charge in [-0.1, -0.05) is 18.2 Å². The third-order valence-electron chi connectivity index (χ3n) is 6.14. The molecule has 1 atom stereocenters. The summed E-state index contributed by atoms with van der Waals surface area (Å²) in [5, 5.41) is 8.11. The van der Waals surface area contributed by atoms with E-state index in [4.69, 9.17) is 9.47 Å². The van der Waals surface area contributed by atoms with Crippen molar-refractivity contribution in [2.45, 2.75) is 57.8 Å². The van der Waals surface area contributed by atoms with E-state index in [0.717, 1.165) is 62.9 Å². The van der Waals surface area contributed by atoms with Crippen LogP contribution in [0.15, 0.2) is 41.5 Å². The Morgan fingerprint density at radius 1 is 1.19 bits per heavy atom. The Labute approximate surface area is 208 Å². The maximum Gasteiger partial charge on any atom is 0.193 e. The van der Waals surface area contributed by atoms with Crippen molar-refractivity contribution < 1.29 is 9.47 Å². The SMILES string of the molecule is CN=C(NCc1ccccc1-n1ccc(C)n1)N1CCC(OCC2CCCCO2)CC1.I. The Bertz CT molecular complexity index is 858. The first-order valence-corrected chi connectivity index (χ1v) is 11.5. The van der Waals surface area contributed by atoms with Gasteiger partial charge in [0.25, 0.3) is 0 Å². The maximum atomic E-state index is 6.16. The highest BCUT2D eigenvalue weighted by Crippen LogP contribution is 2.19. The molecule has 0 saturated carbocycles. The van der Waals surface area contributed by atoms with E-state index in [2.05, 4.69) is 38.5 Å². The van der Waals surface area contributed by atoms with Crippen molar-refractivity contribution in [2.75, 3.05) is 33.4 Å². The molecule has 2 aliphatic heterocycles. The Morgan fingerprint density at radius 2 is 2.00 bits per heavy atom. The largest absolute Gasteiger partial charge is 0.376 e. The van der Waals surface area contributed by atoms with Crippen LogP contribution in [-0.4, -0.2) is 66.2 Å². The van der Waals surface area contributed by atoms with E-state index in [-0.39, 0.29) is 24.0 Å². The fraction of sp³-hybridized carbons (Fsp3) is 0.583. The van der Waals surface area contributed by atoms with Crippen LogP contribution in [0.3, 0.4) is 0 Å². The van der Waals surface area contributed by atoms with Crippen LogP contribution in [0.25, 0.3) is 5.69 Å². The minimum absolute atomic E-state index is 0. The zero-order valence-corrected chi connectivity index (χ0v) is 21.5. The van der Waals surface area contributed by atoms with Crippen LogP contribution < -0.4 is 5.32 Å². The van der Waals surface area contributed by atoms with Crippen LogP contribution in [0, 0.1) is 6.92 Å². The zero-order chi connectivity index (χ0) is 21.5. The molecule has 32 heavy (non-hydrogen) atoms. The Kier molecular flexibility index (Phi) is 9.80. The van der Waals surface area contributed by atoms with Crippen molar-refractivity contribution in [1.82, 2.24) is 20.0 Å². The molecule has 0 spiro atoms. The number of aromatic nitrogens is 2. The number of nitrogens with one attached hydrogen (secondary N) is 1. The van der Waals surface area contributed by atoms with Gasteiger partial charge in [0, 0.05) is 39.5 Å². The predicted octanol–water partition coefficient (Wildman–Crippen LogP) is 3.92. The van der Waals surface area contributed by atoms with Gasteiger partial charge in [0.15, 0.2) is 5.96 Å². The number of benzene rings is 1. The van der Waals surface area contributed by atoms with Crippen LogP contribution >= 0.6 is 24.0 Å². The number of aryl methyl sites for hydroxylation is 1. The van der Waals surface area contributed by atoms with Crippen molar-refractivity contribution in [1.29, 1.82) is 0 Å². The van der Waals surface area contributed by atoms with E-state index in [9.17, 15) is 0 Å². The molecular weight excluding hydrogens is 517 g/mol. The average molecular weight is 553 g/mol. The number of nitrogens with zero attached hydrogens (tertiary/aromatic N) is 4. The number of hydrogen-bond donors (Lipinski definition) is 1. The van der Waals surface area contributed by atoms with Crippen molar-refractivity contribution >= 4 is 29.9 Å². The number of halogens is 1. The van der Waals surface area contributed by atoms with E-state index >= 15 is 0 Å². The maximum absolute atomic E-state index is 6.16.